The highest BCUT2D eigenvalue weighted by Crippen LogP contribution is 2.33. The van der Waals surface area contributed by atoms with E-state index in [0.717, 1.165) is 12.3 Å². The molecular formula is C26H29NO. The first kappa shape index (κ1) is 18.8. The molecule has 0 amide bonds. The largest absolute Gasteiger partial charge is 0.489 e. The van der Waals surface area contributed by atoms with E-state index in [-0.39, 0.29) is 0 Å². The Morgan fingerprint density at radius 1 is 0.679 bits per heavy atom. The highest BCUT2D eigenvalue weighted by Gasteiger charge is 2.22. The molecule has 1 aliphatic carbocycles. The minimum Gasteiger partial charge on any atom is -0.489 e. The number of hydrogen-bond donors (Lipinski definition) is 1. The zero-order valence-electron chi connectivity index (χ0n) is 16.4. The van der Waals surface area contributed by atoms with Crippen molar-refractivity contribution in [3.8, 4) is 5.75 Å². The van der Waals surface area contributed by atoms with E-state index in [1.54, 1.807) is 0 Å². The van der Waals surface area contributed by atoms with Crippen molar-refractivity contribution in [1.29, 1.82) is 0 Å². The summed E-state index contributed by atoms with van der Waals surface area (Å²) < 4.78 is 5.92. The zero-order chi connectivity index (χ0) is 19.0. The van der Waals surface area contributed by atoms with Gasteiger partial charge in [0.1, 0.15) is 12.4 Å². The van der Waals surface area contributed by atoms with Gasteiger partial charge in [-0.2, -0.15) is 0 Å². The lowest BCUT2D eigenvalue weighted by Gasteiger charge is -2.29. The molecule has 0 aliphatic heterocycles. The SMILES string of the molecule is c1ccc(CNC2CCC(c3ccc(OCc4ccccc4)cc3)CC2)cc1. The van der Waals surface area contributed by atoms with Crippen LogP contribution in [0.2, 0.25) is 0 Å². The van der Waals surface area contributed by atoms with Crippen molar-refractivity contribution >= 4 is 0 Å². The fraction of sp³-hybridized carbons (Fsp3) is 0.308. The van der Waals surface area contributed by atoms with E-state index in [2.05, 4.69) is 72.0 Å². The fourth-order valence-electron chi connectivity index (χ4n) is 4.07. The Morgan fingerprint density at radius 3 is 1.93 bits per heavy atom. The number of hydrogen-bond acceptors (Lipinski definition) is 2. The first-order chi connectivity index (χ1) is 13.9. The summed E-state index contributed by atoms with van der Waals surface area (Å²) in [6, 6.07) is 30.4. The molecule has 2 heteroatoms. The van der Waals surface area contributed by atoms with Gasteiger partial charge >= 0.3 is 0 Å². The molecule has 0 bridgehead atoms. The van der Waals surface area contributed by atoms with Crippen LogP contribution < -0.4 is 10.1 Å². The molecule has 0 heterocycles. The van der Waals surface area contributed by atoms with E-state index < -0.39 is 0 Å². The lowest BCUT2D eigenvalue weighted by molar-refractivity contribution is 0.305. The van der Waals surface area contributed by atoms with Gasteiger partial charge in [0.25, 0.3) is 0 Å². The Bertz CT molecular complexity index is 821. The summed E-state index contributed by atoms with van der Waals surface area (Å²) >= 11 is 0. The van der Waals surface area contributed by atoms with E-state index in [4.69, 9.17) is 4.74 Å². The molecule has 1 saturated carbocycles. The maximum atomic E-state index is 5.92. The Kier molecular flexibility index (Phi) is 6.41. The lowest BCUT2D eigenvalue weighted by atomic mass is 9.81. The highest BCUT2D eigenvalue weighted by molar-refractivity contribution is 5.30. The molecule has 0 spiro atoms. The predicted molar refractivity (Wildman–Crippen MR) is 115 cm³/mol. The second kappa shape index (κ2) is 9.57. The minimum absolute atomic E-state index is 0.623. The van der Waals surface area contributed by atoms with E-state index in [0.29, 0.717) is 18.6 Å². The molecule has 0 atom stereocenters. The van der Waals surface area contributed by atoms with Crippen molar-refractivity contribution in [3.05, 3.63) is 102 Å². The van der Waals surface area contributed by atoms with Crippen LogP contribution in [0.5, 0.6) is 5.75 Å². The van der Waals surface area contributed by atoms with Crippen molar-refractivity contribution in [3.63, 3.8) is 0 Å². The Hall–Kier alpha value is -2.58. The molecule has 28 heavy (non-hydrogen) atoms. The summed E-state index contributed by atoms with van der Waals surface area (Å²) in [6.45, 7) is 1.60. The number of nitrogens with one attached hydrogen (secondary N) is 1. The Balaban J connectivity index is 1.23. The van der Waals surface area contributed by atoms with Crippen molar-refractivity contribution in [1.82, 2.24) is 5.32 Å². The first-order valence-electron chi connectivity index (χ1n) is 10.4. The van der Waals surface area contributed by atoms with Crippen LogP contribution in [0, 0.1) is 0 Å². The molecule has 1 N–H and O–H groups in total. The lowest BCUT2D eigenvalue weighted by Crippen LogP contribution is -2.32. The monoisotopic (exact) mass is 371 g/mol. The molecule has 144 valence electrons. The second-order valence-electron chi connectivity index (χ2n) is 7.76. The number of rotatable bonds is 7. The topological polar surface area (TPSA) is 21.3 Å². The molecule has 0 radical (unpaired) electrons. The molecule has 4 rings (SSSR count). The van der Waals surface area contributed by atoms with Crippen LogP contribution in [0.4, 0.5) is 0 Å². The summed E-state index contributed by atoms with van der Waals surface area (Å²) in [5.74, 6) is 1.63. The van der Waals surface area contributed by atoms with Crippen LogP contribution in [-0.2, 0) is 13.2 Å². The first-order valence-corrected chi connectivity index (χ1v) is 10.4. The Morgan fingerprint density at radius 2 is 1.29 bits per heavy atom. The average Bonchev–Trinajstić information content (AvgIpc) is 2.78. The molecular weight excluding hydrogens is 342 g/mol. The second-order valence-corrected chi connectivity index (χ2v) is 7.76. The summed E-state index contributed by atoms with van der Waals surface area (Å²) in [4.78, 5) is 0. The summed E-state index contributed by atoms with van der Waals surface area (Å²) in [5, 5.41) is 3.73. The van der Waals surface area contributed by atoms with Gasteiger partial charge in [-0.1, -0.05) is 72.8 Å². The third-order valence-corrected chi connectivity index (χ3v) is 5.76. The molecule has 0 saturated heterocycles. The highest BCUT2D eigenvalue weighted by atomic mass is 16.5. The molecule has 3 aromatic carbocycles. The molecule has 2 nitrogen and oxygen atoms in total. The predicted octanol–water partition coefficient (Wildman–Crippen LogP) is 6.08. The van der Waals surface area contributed by atoms with Gasteiger partial charge in [-0.05, 0) is 60.4 Å². The summed E-state index contributed by atoms with van der Waals surface area (Å²) in [7, 11) is 0. The van der Waals surface area contributed by atoms with E-state index >= 15 is 0 Å². The van der Waals surface area contributed by atoms with Crippen molar-refractivity contribution in [2.75, 3.05) is 0 Å². The third kappa shape index (κ3) is 5.24. The van der Waals surface area contributed by atoms with Gasteiger partial charge in [0.2, 0.25) is 0 Å². The molecule has 3 aromatic rings. The van der Waals surface area contributed by atoms with Crippen LogP contribution in [0.25, 0.3) is 0 Å². The van der Waals surface area contributed by atoms with E-state index in [1.807, 2.05) is 18.2 Å². The molecule has 1 fully saturated rings. The van der Waals surface area contributed by atoms with E-state index in [9.17, 15) is 0 Å². The normalized spacial score (nSPS) is 19.3. The van der Waals surface area contributed by atoms with Gasteiger partial charge in [-0.25, -0.2) is 0 Å². The minimum atomic E-state index is 0.623. The standard InChI is InChI=1S/C26H29NO/c1-3-7-21(8-4-1)19-27-25-15-11-23(12-16-25)24-13-17-26(18-14-24)28-20-22-9-5-2-6-10-22/h1-10,13-14,17-18,23,25,27H,11-12,15-16,19-20H2. The smallest absolute Gasteiger partial charge is 0.119 e. The van der Waals surface area contributed by atoms with Crippen LogP contribution in [-0.4, -0.2) is 6.04 Å². The quantitative estimate of drug-likeness (QED) is 0.543. The Labute approximate surface area is 168 Å². The van der Waals surface area contributed by atoms with Gasteiger partial charge in [-0.3, -0.25) is 0 Å². The zero-order valence-corrected chi connectivity index (χ0v) is 16.4. The van der Waals surface area contributed by atoms with Crippen molar-refractivity contribution in [2.24, 2.45) is 0 Å². The van der Waals surface area contributed by atoms with Crippen LogP contribution in [0.15, 0.2) is 84.9 Å². The number of ether oxygens (including phenoxy) is 1. The van der Waals surface area contributed by atoms with Gasteiger partial charge in [0, 0.05) is 12.6 Å². The maximum Gasteiger partial charge on any atom is 0.119 e. The molecule has 0 aromatic heterocycles. The summed E-state index contributed by atoms with van der Waals surface area (Å²) in [5.41, 5.74) is 4.03. The van der Waals surface area contributed by atoms with Gasteiger partial charge in [-0.15, -0.1) is 0 Å². The fourth-order valence-corrected chi connectivity index (χ4v) is 4.07. The van der Waals surface area contributed by atoms with Crippen LogP contribution in [0.1, 0.15) is 48.3 Å². The molecule has 1 aliphatic rings. The van der Waals surface area contributed by atoms with Crippen LogP contribution in [0.3, 0.4) is 0 Å². The van der Waals surface area contributed by atoms with Gasteiger partial charge in [0.15, 0.2) is 0 Å². The maximum absolute atomic E-state index is 5.92. The van der Waals surface area contributed by atoms with Gasteiger partial charge < -0.3 is 10.1 Å². The van der Waals surface area contributed by atoms with E-state index in [1.165, 1.54) is 42.4 Å². The third-order valence-electron chi connectivity index (χ3n) is 5.76. The van der Waals surface area contributed by atoms with Crippen LogP contribution >= 0.6 is 0 Å². The van der Waals surface area contributed by atoms with Crippen molar-refractivity contribution in [2.45, 2.75) is 50.8 Å². The summed E-state index contributed by atoms with van der Waals surface area (Å²) in [6.07, 6.45) is 5.03. The number of benzene rings is 3. The van der Waals surface area contributed by atoms with Gasteiger partial charge in [0.05, 0.1) is 0 Å². The van der Waals surface area contributed by atoms with Crippen molar-refractivity contribution < 1.29 is 4.74 Å². The average molecular weight is 372 g/mol. The molecule has 0 unspecified atom stereocenters.